The Morgan fingerprint density at radius 1 is 1.44 bits per heavy atom. The van der Waals surface area contributed by atoms with Crippen molar-refractivity contribution in [2.45, 2.75) is 35.3 Å². The maximum Gasteiger partial charge on any atom is 0.421 e. The van der Waals surface area contributed by atoms with Gasteiger partial charge in [-0.2, -0.15) is 13.2 Å². The molecule has 0 bridgehead atoms. The van der Waals surface area contributed by atoms with Gasteiger partial charge in [-0.05, 0) is 6.26 Å². The summed E-state index contributed by atoms with van der Waals surface area (Å²) in [6.45, 7) is 0. The number of hydrogen-bond acceptors (Lipinski definition) is 5. The zero-order valence-electron chi connectivity index (χ0n) is 9.38. The summed E-state index contributed by atoms with van der Waals surface area (Å²) in [4.78, 5) is 7.49. The van der Waals surface area contributed by atoms with E-state index in [0.717, 1.165) is 6.20 Å². The number of nitrogens with one attached hydrogen (secondary N) is 1. The topological polar surface area (TPSA) is 58.0 Å². The third kappa shape index (κ3) is 1.66. The molecule has 1 aromatic rings. The van der Waals surface area contributed by atoms with Crippen molar-refractivity contribution in [3.63, 3.8) is 0 Å². The minimum atomic E-state index is -4.50. The van der Waals surface area contributed by atoms with Gasteiger partial charge in [0.1, 0.15) is 11.4 Å². The van der Waals surface area contributed by atoms with E-state index in [1.54, 1.807) is 6.26 Å². The number of nitrogens with zero attached hydrogens (tertiary/aromatic N) is 2. The Hall–Kier alpha value is -1.02. The fourth-order valence-corrected chi connectivity index (χ4v) is 2.40. The van der Waals surface area contributed by atoms with Crippen LogP contribution in [-0.2, 0) is 6.18 Å². The van der Waals surface area contributed by atoms with E-state index in [4.69, 9.17) is 0 Å². The van der Waals surface area contributed by atoms with Gasteiger partial charge >= 0.3 is 6.18 Å². The van der Waals surface area contributed by atoms with E-state index in [0.29, 0.717) is 12.8 Å². The summed E-state index contributed by atoms with van der Waals surface area (Å²) in [5.41, 5.74) is -2.30. The van der Waals surface area contributed by atoms with E-state index < -0.39 is 22.9 Å². The molecule has 8 heteroatoms. The highest BCUT2D eigenvalue weighted by Gasteiger charge is 2.84. The van der Waals surface area contributed by atoms with Crippen molar-refractivity contribution in [1.82, 2.24) is 9.97 Å². The summed E-state index contributed by atoms with van der Waals surface area (Å²) >= 11 is 1.17. The molecule has 0 atom stereocenters. The molecule has 2 aliphatic rings. The predicted molar refractivity (Wildman–Crippen MR) is 59.4 cm³/mol. The Morgan fingerprint density at radius 2 is 2.06 bits per heavy atom. The van der Waals surface area contributed by atoms with Crippen LogP contribution in [0, 0.1) is 0 Å². The van der Waals surface area contributed by atoms with Crippen molar-refractivity contribution in [2.24, 2.45) is 0 Å². The quantitative estimate of drug-likeness (QED) is 0.653. The molecular formula is C10H10F3N3OS. The van der Waals surface area contributed by atoms with Gasteiger partial charge in [0.2, 0.25) is 0 Å². The minimum Gasteiger partial charge on any atom is -0.387 e. The van der Waals surface area contributed by atoms with Crippen LogP contribution in [0.2, 0.25) is 0 Å². The smallest absolute Gasteiger partial charge is 0.387 e. The zero-order valence-corrected chi connectivity index (χ0v) is 10.2. The first-order valence-corrected chi connectivity index (χ1v) is 6.51. The second-order valence-electron chi connectivity index (χ2n) is 4.71. The second kappa shape index (κ2) is 3.30. The molecule has 0 amide bonds. The molecule has 4 nitrogen and oxygen atoms in total. The van der Waals surface area contributed by atoms with Gasteiger partial charge in [0.25, 0.3) is 0 Å². The lowest BCUT2D eigenvalue weighted by Gasteiger charge is -2.14. The first-order chi connectivity index (χ1) is 8.30. The van der Waals surface area contributed by atoms with Gasteiger partial charge in [0, 0.05) is 19.0 Å². The van der Waals surface area contributed by atoms with Crippen molar-refractivity contribution < 1.29 is 18.3 Å². The predicted octanol–water partition coefficient (Wildman–Crippen LogP) is 1.91. The number of alkyl halides is 3. The number of fused-ring (bicyclic) bond motifs is 1. The first kappa shape index (κ1) is 12.0. The summed E-state index contributed by atoms with van der Waals surface area (Å²) in [6, 6.07) is 0. The number of halogens is 3. The number of rotatable bonds is 3. The molecular weight excluding hydrogens is 267 g/mol. The van der Waals surface area contributed by atoms with Crippen LogP contribution in [0.4, 0.5) is 19.0 Å². The molecule has 0 spiro atoms. The normalized spacial score (nSPS) is 32.9. The van der Waals surface area contributed by atoms with Gasteiger partial charge in [0.15, 0.2) is 5.16 Å². The number of anilines is 1. The van der Waals surface area contributed by atoms with Crippen LogP contribution in [-0.4, -0.2) is 32.5 Å². The van der Waals surface area contributed by atoms with Gasteiger partial charge in [-0.1, -0.05) is 11.8 Å². The molecule has 0 radical (unpaired) electrons. The van der Waals surface area contributed by atoms with Gasteiger partial charge in [-0.15, -0.1) is 0 Å². The highest BCUT2D eigenvalue weighted by molar-refractivity contribution is 7.98. The Morgan fingerprint density at radius 3 is 2.50 bits per heavy atom. The van der Waals surface area contributed by atoms with Crippen LogP contribution in [0.25, 0.3) is 0 Å². The van der Waals surface area contributed by atoms with E-state index in [1.165, 1.54) is 11.8 Å². The molecule has 0 aliphatic heterocycles. The van der Waals surface area contributed by atoms with Gasteiger partial charge in [-0.25, -0.2) is 9.97 Å². The lowest BCUT2D eigenvalue weighted by atomic mass is 10.2. The third-order valence-electron chi connectivity index (χ3n) is 3.44. The van der Waals surface area contributed by atoms with Crippen LogP contribution < -0.4 is 5.32 Å². The minimum absolute atomic E-state index is 0.240. The van der Waals surface area contributed by atoms with Gasteiger partial charge < -0.3 is 10.4 Å². The van der Waals surface area contributed by atoms with Crippen LogP contribution >= 0.6 is 11.8 Å². The first-order valence-electron chi connectivity index (χ1n) is 5.28. The zero-order chi connectivity index (χ0) is 13.2. The Labute approximate surface area is 105 Å². The number of aromatic nitrogens is 2. The lowest BCUT2D eigenvalue weighted by Crippen LogP contribution is -2.18. The van der Waals surface area contributed by atoms with E-state index in [2.05, 4.69) is 15.3 Å². The van der Waals surface area contributed by atoms with Crippen LogP contribution in [0.15, 0.2) is 11.4 Å². The third-order valence-corrected chi connectivity index (χ3v) is 4.00. The van der Waals surface area contributed by atoms with Gasteiger partial charge in [-0.3, -0.25) is 0 Å². The molecule has 3 rings (SSSR count). The van der Waals surface area contributed by atoms with Crippen LogP contribution in [0.3, 0.4) is 0 Å². The van der Waals surface area contributed by atoms with E-state index in [1.807, 2.05) is 0 Å². The van der Waals surface area contributed by atoms with Crippen molar-refractivity contribution in [3.8, 4) is 0 Å². The van der Waals surface area contributed by atoms with Gasteiger partial charge in [0.05, 0.1) is 11.1 Å². The lowest BCUT2D eigenvalue weighted by molar-refractivity contribution is -0.137. The summed E-state index contributed by atoms with van der Waals surface area (Å²) in [6.07, 6.45) is -1.07. The van der Waals surface area contributed by atoms with Crippen LogP contribution in [0.1, 0.15) is 18.4 Å². The summed E-state index contributed by atoms with van der Waals surface area (Å²) < 4.78 is 38.4. The molecule has 2 N–H and O–H groups in total. The Balaban J connectivity index is 1.94. The highest BCUT2D eigenvalue weighted by atomic mass is 32.2. The fraction of sp³-hybridized carbons (Fsp3) is 0.600. The molecule has 0 unspecified atom stereocenters. The van der Waals surface area contributed by atoms with Crippen molar-refractivity contribution >= 4 is 17.6 Å². The molecule has 18 heavy (non-hydrogen) atoms. The maximum atomic E-state index is 12.8. The summed E-state index contributed by atoms with van der Waals surface area (Å²) in [5, 5.41) is 12.6. The Kier molecular flexibility index (Phi) is 2.20. The highest BCUT2D eigenvalue weighted by Crippen LogP contribution is 2.72. The average Bonchev–Trinajstić information content (AvgIpc) is 3.00. The molecule has 1 aromatic heterocycles. The SMILES string of the molecule is CSc1ncc(C(F)(F)F)c(NC23CC2(O)C3)n1. The average molecular weight is 277 g/mol. The molecule has 2 fully saturated rings. The molecule has 2 aliphatic carbocycles. The van der Waals surface area contributed by atoms with Crippen molar-refractivity contribution in [3.05, 3.63) is 11.8 Å². The molecule has 2 saturated carbocycles. The number of thioether (sulfide) groups is 1. The fourth-order valence-electron chi connectivity index (χ4n) is 2.06. The Bertz CT molecular complexity index is 514. The largest absolute Gasteiger partial charge is 0.421 e. The number of aliphatic hydroxyl groups is 1. The standard InChI is InChI=1S/C10H10F3N3OS/c1-18-7-14-2-5(10(11,12)13)6(15-7)16-8-3-9(8,17)4-8/h2,17H,3-4H2,1H3,(H,14,15,16). The summed E-state index contributed by atoms with van der Waals surface area (Å²) in [7, 11) is 0. The molecule has 1 heterocycles. The molecule has 98 valence electrons. The maximum absolute atomic E-state index is 12.8. The van der Waals surface area contributed by atoms with Crippen molar-refractivity contribution in [1.29, 1.82) is 0 Å². The monoisotopic (exact) mass is 277 g/mol. The number of hydrogen-bond donors (Lipinski definition) is 2. The van der Waals surface area contributed by atoms with E-state index >= 15 is 0 Å². The van der Waals surface area contributed by atoms with E-state index in [9.17, 15) is 18.3 Å². The van der Waals surface area contributed by atoms with Crippen molar-refractivity contribution in [2.75, 3.05) is 11.6 Å². The van der Waals surface area contributed by atoms with Crippen LogP contribution in [0.5, 0.6) is 0 Å². The molecule has 0 saturated heterocycles. The van der Waals surface area contributed by atoms with E-state index in [-0.39, 0.29) is 11.0 Å². The summed E-state index contributed by atoms with van der Waals surface area (Å²) in [5.74, 6) is -0.240. The molecule has 0 aromatic carbocycles. The second-order valence-corrected chi connectivity index (χ2v) is 5.48.